The van der Waals surface area contributed by atoms with Gasteiger partial charge in [-0.2, -0.15) is 23.0 Å². The largest absolute Gasteiger partial charge is 0.444 e. The molecule has 1 fully saturated rings. The topological polar surface area (TPSA) is 163 Å². The maximum atomic E-state index is 13.5. The van der Waals surface area contributed by atoms with E-state index in [2.05, 4.69) is 26.1 Å². The van der Waals surface area contributed by atoms with Crippen LogP contribution in [0.5, 0.6) is 0 Å². The van der Waals surface area contributed by atoms with Gasteiger partial charge in [0.25, 0.3) is 5.56 Å². The van der Waals surface area contributed by atoms with Crippen molar-refractivity contribution in [2.24, 2.45) is 13.0 Å². The Morgan fingerprint density at radius 2 is 1.93 bits per heavy atom. The number of benzene rings is 1. The molecule has 236 valence electrons. The van der Waals surface area contributed by atoms with Crippen LogP contribution in [0.2, 0.25) is 0 Å². The van der Waals surface area contributed by atoms with Gasteiger partial charge in [-0.3, -0.25) is 14.1 Å². The Labute approximate surface area is 258 Å². The first kappa shape index (κ1) is 32.7. The van der Waals surface area contributed by atoms with E-state index in [0.717, 1.165) is 23.6 Å². The van der Waals surface area contributed by atoms with Gasteiger partial charge in [-0.1, -0.05) is 19.1 Å². The van der Waals surface area contributed by atoms with Crippen LogP contribution in [0.15, 0.2) is 35.3 Å². The van der Waals surface area contributed by atoms with Crippen LogP contribution in [0.25, 0.3) is 22.2 Å². The van der Waals surface area contributed by atoms with Crippen LogP contribution >= 0.6 is 0 Å². The third kappa shape index (κ3) is 7.46. The minimum atomic E-state index is -3.88. The normalized spacial score (nSPS) is 14.5. The highest BCUT2D eigenvalue weighted by Crippen LogP contribution is 2.29. The number of rotatable bonds is 9. The average Bonchev–Trinajstić information content (AvgIpc) is 2.97. The third-order valence-electron chi connectivity index (χ3n) is 7.61. The lowest BCUT2D eigenvalue weighted by atomic mass is 9.94. The molecular weight excluding hydrogens is 584 g/mol. The zero-order valence-corrected chi connectivity index (χ0v) is 26.9. The number of nitriles is 1. The summed E-state index contributed by atoms with van der Waals surface area (Å²) in [5, 5.41) is 13.8. The number of ether oxygens (including phenoxy) is 1. The molecule has 0 unspecified atom stereocenters. The number of aryl methyl sites for hydroxylation is 1. The summed E-state index contributed by atoms with van der Waals surface area (Å²) >= 11 is 0. The molecule has 1 saturated heterocycles. The first-order valence-electron chi connectivity index (χ1n) is 14.6. The Morgan fingerprint density at radius 3 is 2.57 bits per heavy atom. The van der Waals surface area contributed by atoms with Gasteiger partial charge < -0.3 is 15.0 Å². The highest BCUT2D eigenvalue weighted by atomic mass is 32.2. The molecule has 4 rings (SSSR count). The van der Waals surface area contributed by atoms with Crippen LogP contribution in [0.4, 0.5) is 16.4 Å². The highest BCUT2D eigenvalue weighted by Gasteiger charge is 2.27. The Kier molecular flexibility index (Phi) is 9.80. The number of carbonyl (C=O) groups excluding carboxylic acids is 1. The molecule has 2 N–H and O–H groups in total. The van der Waals surface area contributed by atoms with Gasteiger partial charge in [0, 0.05) is 63.0 Å². The van der Waals surface area contributed by atoms with E-state index in [9.17, 15) is 23.3 Å². The summed E-state index contributed by atoms with van der Waals surface area (Å²) in [7, 11) is -0.855. The van der Waals surface area contributed by atoms with Gasteiger partial charge >= 0.3 is 16.3 Å². The van der Waals surface area contributed by atoms with Gasteiger partial charge in [0.2, 0.25) is 5.95 Å². The molecule has 1 aliphatic rings. The quantitative estimate of drug-likeness (QED) is 0.359. The maximum Gasteiger partial charge on any atom is 0.410 e. The number of anilines is 2. The average molecular weight is 625 g/mol. The molecule has 14 heteroatoms. The van der Waals surface area contributed by atoms with Crippen molar-refractivity contribution in [3.63, 3.8) is 0 Å². The van der Waals surface area contributed by atoms with Crippen molar-refractivity contribution < 1.29 is 17.9 Å². The van der Waals surface area contributed by atoms with Gasteiger partial charge in [-0.25, -0.2) is 9.78 Å². The molecule has 1 amide bonds. The first-order chi connectivity index (χ1) is 20.7. The number of aromatic nitrogens is 3. The molecule has 1 aliphatic heterocycles. The molecule has 0 atom stereocenters. The lowest BCUT2D eigenvalue weighted by Gasteiger charge is -2.33. The van der Waals surface area contributed by atoms with Crippen LogP contribution in [-0.4, -0.2) is 77.1 Å². The van der Waals surface area contributed by atoms with Crippen LogP contribution < -0.4 is 15.6 Å². The number of piperidine rings is 1. The minimum absolute atomic E-state index is 0.0353. The fourth-order valence-electron chi connectivity index (χ4n) is 5.01. The molecule has 0 radical (unpaired) electrons. The van der Waals surface area contributed by atoms with Crippen LogP contribution in [0, 0.1) is 17.2 Å². The number of hydrogen-bond donors (Lipinski definition) is 2. The van der Waals surface area contributed by atoms with E-state index in [1.807, 2.05) is 20.8 Å². The molecule has 2 aromatic heterocycles. The molecule has 0 spiro atoms. The molecule has 1 aromatic carbocycles. The van der Waals surface area contributed by atoms with Gasteiger partial charge in [-0.05, 0) is 58.1 Å². The predicted octanol–water partition coefficient (Wildman–Crippen LogP) is 3.92. The Bertz CT molecular complexity index is 1740. The smallest absolute Gasteiger partial charge is 0.410 e. The SMILES string of the molecule is CCN(C)S(=O)(=O)Nc1cccc(-c2cc3cnc(NCCC4CCN(C(=O)OC(C)(C)C)CC4)nc3n(C)c2=O)c1C#N. The number of likely N-dealkylation sites (tertiary alicyclic amines) is 1. The number of carbonyl (C=O) groups is 1. The van der Waals surface area contributed by atoms with Crippen LogP contribution in [0.1, 0.15) is 52.5 Å². The summed E-state index contributed by atoms with van der Waals surface area (Å²) in [5.74, 6) is 0.839. The van der Waals surface area contributed by atoms with Crippen molar-refractivity contribution >= 4 is 39.0 Å². The third-order valence-corrected chi connectivity index (χ3v) is 9.17. The minimum Gasteiger partial charge on any atom is -0.444 e. The summed E-state index contributed by atoms with van der Waals surface area (Å²) in [6, 6.07) is 8.36. The van der Waals surface area contributed by atoms with E-state index in [4.69, 9.17) is 4.74 Å². The van der Waals surface area contributed by atoms with E-state index in [1.54, 1.807) is 43.3 Å². The Morgan fingerprint density at radius 1 is 1.23 bits per heavy atom. The molecule has 3 aromatic rings. The van der Waals surface area contributed by atoms with Crippen LogP contribution in [0.3, 0.4) is 0 Å². The highest BCUT2D eigenvalue weighted by molar-refractivity contribution is 7.90. The molecule has 0 bridgehead atoms. The second-order valence-corrected chi connectivity index (χ2v) is 13.7. The number of nitrogens with one attached hydrogen (secondary N) is 2. The van der Waals surface area contributed by atoms with E-state index >= 15 is 0 Å². The number of nitrogens with zero attached hydrogens (tertiary/aromatic N) is 6. The maximum absolute atomic E-state index is 13.5. The molecule has 13 nitrogen and oxygen atoms in total. The number of pyridine rings is 1. The number of amides is 1. The first-order valence-corrected chi connectivity index (χ1v) is 16.0. The zero-order chi connectivity index (χ0) is 32.2. The monoisotopic (exact) mass is 624 g/mol. The predicted molar refractivity (Wildman–Crippen MR) is 169 cm³/mol. The Hall–Kier alpha value is -4.22. The molecule has 44 heavy (non-hydrogen) atoms. The van der Waals surface area contributed by atoms with Crippen molar-refractivity contribution in [3.8, 4) is 17.2 Å². The fraction of sp³-hybridized carbons (Fsp3) is 0.500. The van der Waals surface area contributed by atoms with Crippen molar-refractivity contribution in [2.75, 3.05) is 43.3 Å². The van der Waals surface area contributed by atoms with Crippen LogP contribution in [-0.2, 0) is 22.0 Å². The van der Waals surface area contributed by atoms with E-state index in [0.29, 0.717) is 48.1 Å². The Balaban J connectivity index is 1.47. The molecule has 0 aliphatic carbocycles. The molecule has 3 heterocycles. The van der Waals surface area contributed by atoms with Crippen molar-refractivity contribution in [2.45, 2.75) is 52.6 Å². The number of fused-ring (bicyclic) bond motifs is 1. The summed E-state index contributed by atoms with van der Waals surface area (Å²) in [6.45, 7) is 9.48. The summed E-state index contributed by atoms with van der Waals surface area (Å²) in [6.07, 6.45) is 4.00. The van der Waals surface area contributed by atoms with E-state index < -0.39 is 15.8 Å². The van der Waals surface area contributed by atoms with Crippen molar-refractivity contribution in [1.82, 2.24) is 23.7 Å². The van der Waals surface area contributed by atoms with Gasteiger partial charge in [-0.15, -0.1) is 0 Å². The lowest BCUT2D eigenvalue weighted by molar-refractivity contribution is 0.0182. The second-order valence-electron chi connectivity index (χ2n) is 11.9. The summed E-state index contributed by atoms with van der Waals surface area (Å²) < 4.78 is 35.7. The van der Waals surface area contributed by atoms with Crippen molar-refractivity contribution in [1.29, 1.82) is 5.26 Å². The van der Waals surface area contributed by atoms with E-state index in [-0.39, 0.29) is 35.0 Å². The summed E-state index contributed by atoms with van der Waals surface area (Å²) in [4.78, 5) is 36.6. The number of hydrogen-bond acceptors (Lipinski definition) is 9. The van der Waals surface area contributed by atoms with Gasteiger partial charge in [0.05, 0.1) is 11.3 Å². The van der Waals surface area contributed by atoms with Gasteiger partial charge in [0.1, 0.15) is 17.3 Å². The van der Waals surface area contributed by atoms with Crippen molar-refractivity contribution in [3.05, 3.63) is 46.4 Å². The molecule has 0 saturated carbocycles. The van der Waals surface area contributed by atoms with E-state index in [1.165, 1.54) is 17.7 Å². The second kappa shape index (κ2) is 13.2. The molecular formula is C30H40N8O5S. The van der Waals surface area contributed by atoms with Gasteiger partial charge in [0.15, 0.2) is 0 Å². The lowest BCUT2D eigenvalue weighted by Crippen LogP contribution is -2.41. The standard InChI is InChI=1S/C30H40N8O5S/c1-7-36(5)44(41,42)35-25-10-8-9-22(24(25)18-31)23-17-21-19-33-28(34-26(21)37(6)27(23)39)32-14-11-20-12-15-38(16-13-20)29(40)43-30(2,3)4/h8-10,17,19-20,35H,7,11-16H2,1-6H3,(H,32,33,34). The fourth-order valence-corrected chi connectivity index (χ4v) is 5.96. The zero-order valence-electron chi connectivity index (χ0n) is 26.0. The summed E-state index contributed by atoms with van der Waals surface area (Å²) in [5.41, 5.74) is 0.162.